The maximum absolute atomic E-state index is 13.5. The van der Waals surface area contributed by atoms with E-state index in [4.69, 9.17) is 23.2 Å². The summed E-state index contributed by atoms with van der Waals surface area (Å²) in [7, 11) is 0. The molecule has 0 spiro atoms. The van der Waals surface area contributed by atoms with E-state index in [0.717, 1.165) is 27.7 Å². The summed E-state index contributed by atoms with van der Waals surface area (Å²) in [5.41, 5.74) is 5.90. The van der Waals surface area contributed by atoms with Gasteiger partial charge in [-0.25, -0.2) is 0 Å². The van der Waals surface area contributed by atoms with Gasteiger partial charge in [0.15, 0.2) is 11.0 Å². The lowest BCUT2D eigenvalue weighted by Crippen LogP contribution is -2.32. The van der Waals surface area contributed by atoms with E-state index in [9.17, 15) is 4.79 Å². The molecule has 5 aromatic rings. The third-order valence-corrected chi connectivity index (χ3v) is 8.02. The largest absolute Gasteiger partial charge is 0.342 e. The van der Waals surface area contributed by atoms with E-state index in [1.54, 1.807) is 30.0 Å². The highest BCUT2D eigenvalue weighted by molar-refractivity contribution is 7.98. The molecule has 0 aliphatic rings. The van der Waals surface area contributed by atoms with Crippen LogP contribution in [0.3, 0.4) is 0 Å². The number of carbonyl (C=O) groups is 1. The lowest BCUT2D eigenvalue weighted by Gasteiger charge is -2.21. The molecule has 5 rings (SSSR count). The molecule has 0 aliphatic carbocycles. The summed E-state index contributed by atoms with van der Waals surface area (Å²) >= 11 is 14.1. The van der Waals surface area contributed by atoms with Gasteiger partial charge in [0.25, 0.3) is 5.91 Å². The van der Waals surface area contributed by atoms with Crippen LogP contribution in [0, 0.1) is 13.8 Å². The predicted molar refractivity (Wildman–Crippen MR) is 164 cm³/mol. The van der Waals surface area contributed by atoms with E-state index in [2.05, 4.69) is 77.9 Å². The normalized spacial score (nSPS) is 11.8. The first-order valence-corrected chi connectivity index (χ1v) is 14.6. The molecule has 1 aromatic heterocycles. The van der Waals surface area contributed by atoms with Crippen LogP contribution in [0.4, 0.5) is 0 Å². The summed E-state index contributed by atoms with van der Waals surface area (Å²) in [5.74, 6) is 1.06. The van der Waals surface area contributed by atoms with Crippen LogP contribution in [0.1, 0.15) is 44.5 Å². The van der Waals surface area contributed by atoms with Crippen molar-refractivity contribution in [2.24, 2.45) is 0 Å². The van der Waals surface area contributed by atoms with E-state index < -0.39 is 6.04 Å². The Morgan fingerprint density at radius 3 is 2.33 bits per heavy atom. The first-order valence-electron chi connectivity index (χ1n) is 12.9. The Kier molecular flexibility index (Phi) is 8.90. The van der Waals surface area contributed by atoms with E-state index in [-0.39, 0.29) is 10.9 Å². The quantitative estimate of drug-likeness (QED) is 0.177. The van der Waals surface area contributed by atoms with Gasteiger partial charge in [-0.3, -0.25) is 9.36 Å². The lowest BCUT2D eigenvalue weighted by atomic mass is 10.0. The Balaban J connectivity index is 1.55. The zero-order valence-corrected chi connectivity index (χ0v) is 24.5. The van der Waals surface area contributed by atoms with Crippen molar-refractivity contribution in [1.29, 1.82) is 0 Å². The molecule has 1 N–H and O–H groups in total. The second-order valence-electron chi connectivity index (χ2n) is 9.63. The van der Waals surface area contributed by atoms with E-state index >= 15 is 0 Å². The van der Waals surface area contributed by atoms with Crippen LogP contribution in [0.5, 0.6) is 0 Å². The van der Waals surface area contributed by atoms with Crippen molar-refractivity contribution >= 4 is 40.9 Å². The van der Waals surface area contributed by atoms with Crippen molar-refractivity contribution in [3.63, 3.8) is 0 Å². The summed E-state index contributed by atoms with van der Waals surface area (Å²) in [4.78, 5) is 13.5. The van der Waals surface area contributed by atoms with Crippen LogP contribution >= 0.6 is 35.0 Å². The van der Waals surface area contributed by atoms with Crippen LogP contribution in [0.25, 0.3) is 5.69 Å². The third kappa shape index (κ3) is 6.76. The van der Waals surface area contributed by atoms with E-state index in [1.807, 2.05) is 34.9 Å². The Bertz CT molecular complexity index is 1620. The van der Waals surface area contributed by atoms with E-state index in [0.29, 0.717) is 22.8 Å². The highest BCUT2D eigenvalue weighted by Gasteiger charge is 2.26. The molecule has 202 valence electrons. The molecule has 1 amide bonds. The van der Waals surface area contributed by atoms with Gasteiger partial charge in [-0.15, -0.1) is 10.2 Å². The average Bonchev–Trinajstić information content (AvgIpc) is 3.36. The predicted octanol–water partition coefficient (Wildman–Crippen LogP) is 8.20. The van der Waals surface area contributed by atoms with Crippen LogP contribution in [-0.4, -0.2) is 20.7 Å². The van der Waals surface area contributed by atoms with E-state index in [1.165, 1.54) is 11.1 Å². The van der Waals surface area contributed by atoms with Crippen molar-refractivity contribution in [1.82, 2.24) is 20.1 Å². The Morgan fingerprint density at radius 2 is 1.60 bits per heavy atom. The minimum Gasteiger partial charge on any atom is -0.342 e. The second-order valence-corrected chi connectivity index (χ2v) is 11.4. The number of hydrogen-bond acceptors (Lipinski definition) is 4. The molecule has 40 heavy (non-hydrogen) atoms. The van der Waals surface area contributed by atoms with Gasteiger partial charge in [-0.2, -0.15) is 0 Å². The van der Waals surface area contributed by atoms with Crippen molar-refractivity contribution in [3.8, 4) is 5.69 Å². The second kappa shape index (κ2) is 12.7. The van der Waals surface area contributed by atoms with Gasteiger partial charge < -0.3 is 5.32 Å². The minimum atomic E-state index is -0.483. The highest BCUT2D eigenvalue weighted by atomic mass is 35.5. The number of halogens is 2. The number of amides is 1. The van der Waals surface area contributed by atoms with Gasteiger partial charge in [-0.05, 0) is 61.7 Å². The number of nitrogens with one attached hydrogen (secondary N) is 1. The number of carbonyl (C=O) groups excluding carboxylic acids is 1. The number of thioether (sulfide) groups is 1. The first kappa shape index (κ1) is 28.0. The summed E-state index contributed by atoms with van der Waals surface area (Å²) in [6.07, 6.45) is 0.518. The molecule has 0 fully saturated rings. The highest BCUT2D eigenvalue weighted by Crippen LogP contribution is 2.30. The smallest absolute Gasteiger partial charge is 0.253 e. The molecule has 4 aromatic carbocycles. The minimum absolute atomic E-state index is 0.290. The fourth-order valence-corrected chi connectivity index (χ4v) is 5.85. The number of hydrogen-bond donors (Lipinski definition) is 1. The summed E-state index contributed by atoms with van der Waals surface area (Å²) < 4.78 is 2.04. The van der Waals surface area contributed by atoms with Crippen molar-refractivity contribution in [2.45, 2.75) is 37.2 Å². The number of nitrogens with zero attached hydrogens (tertiary/aromatic N) is 3. The molecule has 8 heteroatoms. The number of rotatable bonds is 9. The number of aromatic nitrogens is 3. The van der Waals surface area contributed by atoms with Gasteiger partial charge in [-0.1, -0.05) is 113 Å². The monoisotopic (exact) mass is 586 g/mol. The van der Waals surface area contributed by atoms with Gasteiger partial charge in [0.2, 0.25) is 0 Å². The molecular weight excluding hydrogens is 559 g/mol. The molecule has 1 atom stereocenters. The van der Waals surface area contributed by atoms with Gasteiger partial charge in [0, 0.05) is 16.5 Å². The standard InChI is InChI=1S/C32H28Cl2N4OS/c1-21-11-14-26(15-12-21)38-30(36-37-32(38)40-20-24-10-6-7-22(2)17-24)29(18-23-8-4-3-5-9-23)35-31(39)27-16-13-25(33)19-28(27)34/h3-17,19,29H,18,20H2,1-2H3,(H,35,39). The molecule has 1 unspecified atom stereocenters. The maximum atomic E-state index is 13.5. The molecule has 0 saturated carbocycles. The number of benzene rings is 4. The third-order valence-electron chi connectivity index (χ3n) is 6.48. The molecule has 0 saturated heterocycles. The Hall–Kier alpha value is -3.58. The van der Waals surface area contributed by atoms with Crippen LogP contribution in [0.15, 0.2) is 102 Å². The molecular formula is C32H28Cl2N4OS. The van der Waals surface area contributed by atoms with Crippen molar-refractivity contribution in [3.05, 3.63) is 141 Å². The number of aryl methyl sites for hydroxylation is 2. The van der Waals surface area contributed by atoms with Crippen molar-refractivity contribution < 1.29 is 4.79 Å². The molecule has 0 radical (unpaired) electrons. The molecule has 0 aliphatic heterocycles. The fraction of sp³-hybridized carbons (Fsp3) is 0.156. The lowest BCUT2D eigenvalue weighted by molar-refractivity contribution is 0.0934. The Morgan fingerprint density at radius 1 is 0.850 bits per heavy atom. The van der Waals surface area contributed by atoms with Crippen LogP contribution in [0.2, 0.25) is 10.0 Å². The topological polar surface area (TPSA) is 59.8 Å². The SMILES string of the molecule is Cc1ccc(-n2c(SCc3cccc(C)c3)nnc2C(Cc2ccccc2)NC(=O)c2ccc(Cl)cc2Cl)cc1. The van der Waals surface area contributed by atoms with Gasteiger partial charge in [0.1, 0.15) is 0 Å². The Labute approximate surface area is 248 Å². The maximum Gasteiger partial charge on any atom is 0.253 e. The fourth-order valence-electron chi connectivity index (χ4n) is 4.45. The van der Waals surface area contributed by atoms with Gasteiger partial charge in [0.05, 0.1) is 16.6 Å². The molecule has 0 bridgehead atoms. The van der Waals surface area contributed by atoms with Crippen molar-refractivity contribution in [2.75, 3.05) is 0 Å². The average molecular weight is 588 g/mol. The van der Waals surface area contributed by atoms with Crippen LogP contribution < -0.4 is 5.32 Å². The summed E-state index contributed by atoms with van der Waals surface area (Å²) in [5, 5.41) is 13.9. The summed E-state index contributed by atoms with van der Waals surface area (Å²) in [6.45, 7) is 4.14. The first-order chi connectivity index (χ1) is 19.4. The van der Waals surface area contributed by atoms with Crippen LogP contribution in [-0.2, 0) is 12.2 Å². The zero-order chi connectivity index (χ0) is 28.1. The summed E-state index contributed by atoms with van der Waals surface area (Å²) in [6, 6.07) is 31.1. The zero-order valence-electron chi connectivity index (χ0n) is 22.1. The molecule has 5 nitrogen and oxygen atoms in total. The van der Waals surface area contributed by atoms with Gasteiger partial charge >= 0.3 is 0 Å². The molecule has 1 heterocycles.